The summed E-state index contributed by atoms with van der Waals surface area (Å²) in [4.78, 5) is 8.56. The van der Waals surface area contributed by atoms with Crippen LogP contribution < -0.4 is 5.32 Å². The molecule has 5 heteroatoms. The number of nitrogens with one attached hydrogen (secondary N) is 1. The molecule has 2 rings (SSSR count). The molecule has 2 aromatic heterocycles. The Hall–Kier alpha value is -0.850. The van der Waals surface area contributed by atoms with Crippen molar-refractivity contribution in [3.63, 3.8) is 0 Å². The van der Waals surface area contributed by atoms with E-state index in [1.165, 1.54) is 3.57 Å². The fraction of sp³-hybridized carbons (Fsp3) is 0.400. The third-order valence-electron chi connectivity index (χ3n) is 2.36. The molecule has 0 atom stereocenters. The standard InChI is InChI=1S/C10H13IN4/c1-6(2)15-4-7(11)8-9(12-3)13-5-14-10(8)15/h4-6H,1-3H3,(H,12,13,14). The van der Waals surface area contributed by atoms with Crippen LogP contribution >= 0.6 is 22.6 Å². The van der Waals surface area contributed by atoms with Crippen molar-refractivity contribution >= 4 is 39.4 Å². The van der Waals surface area contributed by atoms with Crippen molar-refractivity contribution in [2.24, 2.45) is 0 Å². The van der Waals surface area contributed by atoms with Gasteiger partial charge in [0.05, 0.1) is 5.39 Å². The summed E-state index contributed by atoms with van der Waals surface area (Å²) in [5, 5.41) is 4.20. The topological polar surface area (TPSA) is 42.7 Å². The van der Waals surface area contributed by atoms with Crippen LogP contribution in [0, 0.1) is 3.57 Å². The molecule has 0 spiro atoms. The second kappa shape index (κ2) is 3.96. The first-order valence-electron chi connectivity index (χ1n) is 4.84. The van der Waals surface area contributed by atoms with Crippen LogP contribution in [0.3, 0.4) is 0 Å². The van der Waals surface area contributed by atoms with E-state index in [2.05, 4.69) is 62.5 Å². The summed E-state index contributed by atoms with van der Waals surface area (Å²) < 4.78 is 3.35. The first-order chi connectivity index (χ1) is 7.15. The molecule has 0 saturated heterocycles. The van der Waals surface area contributed by atoms with Crippen LogP contribution in [0.1, 0.15) is 19.9 Å². The van der Waals surface area contributed by atoms with Crippen LogP contribution in [0.2, 0.25) is 0 Å². The highest BCUT2D eigenvalue weighted by atomic mass is 127. The normalized spacial score (nSPS) is 11.3. The van der Waals surface area contributed by atoms with E-state index < -0.39 is 0 Å². The van der Waals surface area contributed by atoms with Crippen LogP contribution in [0.25, 0.3) is 11.0 Å². The largest absolute Gasteiger partial charge is 0.372 e. The van der Waals surface area contributed by atoms with Crippen LogP contribution in [0.5, 0.6) is 0 Å². The molecule has 0 aliphatic heterocycles. The number of fused-ring (bicyclic) bond motifs is 1. The number of halogens is 1. The fourth-order valence-electron chi connectivity index (χ4n) is 1.62. The molecule has 4 nitrogen and oxygen atoms in total. The summed E-state index contributed by atoms with van der Waals surface area (Å²) in [7, 11) is 1.88. The van der Waals surface area contributed by atoms with Gasteiger partial charge in [0.2, 0.25) is 0 Å². The average molecular weight is 316 g/mol. The SMILES string of the molecule is CNc1ncnc2c1c(I)cn2C(C)C. The molecule has 80 valence electrons. The van der Waals surface area contributed by atoms with Gasteiger partial charge in [0, 0.05) is 22.9 Å². The van der Waals surface area contributed by atoms with Crippen molar-refractivity contribution in [2.45, 2.75) is 19.9 Å². The van der Waals surface area contributed by atoms with Gasteiger partial charge in [-0.3, -0.25) is 0 Å². The summed E-state index contributed by atoms with van der Waals surface area (Å²) in [6.45, 7) is 4.30. The third-order valence-corrected chi connectivity index (χ3v) is 3.17. The van der Waals surface area contributed by atoms with Gasteiger partial charge in [-0.25, -0.2) is 9.97 Å². The van der Waals surface area contributed by atoms with Gasteiger partial charge < -0.3 is 9.88 Å². The predicted molar refractivity (Wildman–Crippen MR) is 70.2 cm³/mol. The number of rotatable bonds is 2. The van der Waals surface area contributed by atoms with E-state index in [0.717, 1.165) is 16.9 Å². The summed E-state index contributed by atoms with van der Waals surface area (Å²) in [6.07, 6.45) is 3.72. The fourth-order valence-corrected chi connectivity index (χ4v) is 2.42. The minimum Gasteiger partial charge on any atom is -0.372 e. The Kier molecular flexibility index (Phi) is 2.81. The molecule has 0 unspecified atom stereocenters. The predicted octanol–water partition coefficient (Wildman–Crippen LogP) is 2.66. The summed E-state index contributed by atoms with van der Waals surface area (Å²) in [6, 6.07) is 0.413. The third kappa shape index (κ3) is 1.68. The zero-order chi connectivity index (χ0) is 11.0. The molecule has 2 heterocycles. The minimum atomic E-state index is 0.413. The highest BCUT2D eigenvalue weighted by Crippen LogP contribution is 2.28. The lowest BCUT2D eigenvalue weighted by molar-refractivity contribution is 0.617. The Morgan fingerprint density at radius 1 is 1.40 bits per heavy atom. The van der Waals surface area contributed by atoms with E-state index >= 15 is 0 Å². The molecular weight excluding hydrogens is 303 g/mol. The van der Waals surface area contributed by atoms with Gasteiger partial charge in [0.25, 0.3) is 0 Å². The van der Waals surface area contributed by atoms with Gasteiger partial charge in [-0.2, -0.15) is 0 Å². The lowest BCUT2D eigenvalue weighted by atomic mass is 10.3. The molecule has 0 aliphatic carbocycles. The van der Waals surface area contributed by atoms with Crippen LogP contribution in [0.15, 0.2) is 12.5 Å². The Labute approximate surface area is 102 Å². The molecule has 15 heavy (non-hydrogen) atoms. The van der Waals surface area contributed by atoms with E-state index in [9.17, 15) is 0 Å². The number of anilines is 1. The van der Waals surface area contributed by atoms with E-state index in [4.69, 9.17) is 0 Å². The van der Waals surface area contributed by atoms with Gasteiger partial charge in [-0.1, -0.05) is 0 Å². The van der Waals surface area contributed by atoms with Crippen molar-refractivity contribution in [2.75, 3.05) is 12.4 Å². The molecule has 1 N–H and O–H groups in total. The molecule has 0 radical (unpaired) electrons. The maximum Gasteiger partial charge on any atom is 0.146 e. The van der Waals surface area contributed by atoms with Gasteiger partial charge in [-0.05, 0) is 36.4 Å². The van der Waals surface area contributed by atoms with Gasteiger partial charge in [-0.15, -0.1) is 0 Å². The minimum absolute atomic E-state index is 0.413. The molecule has 0 aliphatic rings. The number of aromatic nitrogens is 3. The molecule has 0 aromatic carbocycles. The summed E-state index contributed by atoms with van der Waals surface area (Å²) >= 11 is 2.32. The quantitative estimate of drug-likeness (QED) is 0.866. The van der Waals surface area contributed by atoms with Crippen molar-refractivity contribution < 1.29 is 0 Å². The molecule has 0 bridgehead atoms. The monoisotopic (exact) mass is 316 g/mol. The van der Waals surface area contributed by atoms with E-state index in [1.807, 2.05) is 7.05 Å². The highest BCUT2D eigenvalue weighted by molar-refractivity contribution is 14.1. The van der Waals surface area contributed by atoms with E-state index in [1.54, 1.807) is 6.33 Å². The highest BCUT2D eigenvalue weighted by Gasteiger charge is 2.13. The van der Waals surface area contributed by atoms with Crippen LogP contribution in [-0.4, -0.2) is 21.6 Å². The maximum atomic E-state index is 4.34. The average Bonchev–Trinajstić information content (AvgIpc) is 2.56. The van der Waals surface area contributed by atoms with Gasteiger partial charge in [0.1, 0.15) is 17.8 Å². The zero-order valence-corrected chi connectivity index (χ0v) is 11.1. The zero-order valence-electron chi connectivity index (χ0n) is 8.95. The summed E-state index contributed by atoms with van der Waals surface area (Å²) in [5.41, 5.74) is 0.994. The molecule has 0 saturated carbocycles. The van der Waals surface area contributed by atoms with Crippen molar-refractivity contribution in [3.8, 4) is 0 Å². The van der Waals surface area contributed by atoms with Crippen molar-refractivity contribution in [1.82, 2.24) is 14.5 Å². The lowest BCUT2D eigenvalue weighted by Gasteiger charge is -2.08. The smallest absolute Gasteiger partial charge is 0.146 e. The van der Waals surface area contributed by atoms with Crippen molar-refractivity contribution in [3.05, 3.63) is 16.1 Å². The molecule has 0 fully saturated rings. The number of nitrogens with zero attached hydrogens (tertiary/aromatic N) is 3. The van der Waals surface area contributed by atoms with E-state index in [0.29, 0.717) is 6.04 Å². The Balaban J connectivity index is 2.79. The summed E-state index contributed by atoms with van der Waals surface area (Å²) in [5.74, 6) is 0.892. The van der Waals surface area contributed by atoms with Crippen LogP contribution in [-0.2, 0) is 0 Å². The number of hydrogen-bond acceptors (Lipinski definition) is 3. The Morgan fingerprint density at radius 3 is 2.73 bits per heavy atom. The van der Waals surface area contributed by atoms with E-state index in [-0.39, 0.29) is 0 Å². The Bertz CT molecular complexity index is 489. The lowest BCUT2D eigenvalue weighted by Crippen LogP contribution is -2.01. The number of hydrogen-bond donors (Lipinski definition) is 1. The van der Waals surface area contributed by atoms with Gasteiger partial charge >= 0.3 is 0 Å². The van der Waals surface area contributed by atoms with Crippen LogP contribution in [0.4, 0.5) is 5.82 Å². The second-order valence-electron chi connectivity index (χ2n) is 3.65. The molecule has 0 amide bonds. The molecular formula is C10H13IN4. The second-order valence-corrected chi connectivity index (χ2v) is 4.81. The Morgan fingerprint density at radius 2 is 2.13 bits per heavy atom. The van der Waals surface area contributed by atoms with Gasteiger partial charge in [0.15, 0.2) is 0 Å². The molecule has 2 aromatic rings. The van der Waals surface area contributed by atoms with Crippen molar-refractivity contribution in [1.29, 1.82) is 0 Å². The first kappa shape index (κ1) is 10.7. The first-order valence-corrected chi connectivity index (χ1v) is 5.91. The maximum absolute atomic E-state index is 4.34.